The van der Waals surface area contributed by atoms with Crippen LogP contribution in [0, 0.1) is 5.92 Å². The van der Waals surface area contributed by atoms with Crippen LogP contribution in [0.15, 0.2) is 24.5 Å². The summed E-state index contributed by atoms with van der Waals surface area (Å²) in [5.74, 6) is 0.866. The van der Waals surface area contributed by atoms with E-state index in [0.29, 0.717) is 0 Å². The molecule has 2 heterocycles. The molecular weight excluding hydrogens is 234 g/mol. The molecule has 1 aromatic heterocycles. The van der Waals surface area contributed by atoms with E-state index in [0.717, 1.165) is 19.0 Å². The zero-order valence-electron chi connectivity index (χ0n) is 12.3. The number of nitrogens with zero attached hydrogens (tertiary/aromatic N) is 1. The molecule has 0 aromatic carbocycles. The Kier molecular flexibility index (Phi) is 5.34. The van der Waals surface area contributed by atoms with Gasteiger partial charge < -0.3 is 10.6 Å². The molecule has 2 N–H and O–H groups in total. The molecule has 0 saturated carbocycles. The van der Waals surface area contributed by atoms with Crippen molar-refractivity contribution in [3.63, 3.8) is 0 Å². The van der Waals surface area contributed by atoms with Gasteiger partial charge in [-0.25, -0.2) is 0 Å². The molecule has 1 aliphatic rings. The molecule has 2 rings (SSSR count). The van der Waals surface area contributed by atoms with E-state index in [9.17, 15) is 0 Å². The lowest BCUT2D eigenvalue weighted by atomic mass is 9.85. The number of aromatic nitrogens is 1. The van der Waals surface area contributed by atoms with Crippen molar-refractivity contribution in [1.82, 2.24) is 15.6 Å². The fourth-order valence-corrected chi connectivity index (χ4v) is 2.78. The number of piperidine rings is 1. The van der Waals surface area contributed by atoms with Gasteiger partial charge in [-0.2, -0.15) is 0 Å². The van der Waals surface area contributed by atoms with Crippen LogP contribution in [0.2, 0.25) is 0 Å². The van der Waals surface area contributed by atoms with Crippen LogP contribution in [-0.2, 0) is 5.41 Å². The molecule has 0 spiro atoms. The van der Waals surface area contributed by atoms with Crippen LogP contribution < -0.4 is 10.6 Å². The largest absolute Gasteiger partial charge is 0.316 e. The lowest BCUT2D eigenvalue weighted by Gasteiger charge is -2.27. The second kappa shape index (κ2) is 7.01. The first-order chi connectivity index (χ1) is 9.18. The molecule has 3 nitrogen and oxygen atoms in total. The van der Waals surface area contributed by atoms with Crippen molar-refractivity contribution in [1.29, 1.82) is 0 Å². The third-order valence-electron chi connectivity index (χ3n) is 4.16. The van der Waals surface area contributed by atoms with Gasteiger partial charge in [-0.15, -0.1) is 0 Å². The third kappa shape index (κ3) is 4.59. The van der Waals surface area contributed by atoms with Gasteiger partial charge in [-0.1, -0.05) is 13.8 Å². The van der Waals surface area contributed by atoms with Gasteiger partial charge in [0.15, 0.2) is 0 Å². The first-order valence-electron chi connectivity index (χ1n) is 7.50. The second-order valence-electron chi connectivity index (χ2n) is 6.30. The van der Waals surface area contributed by atoms with Crippen LogP contribution in [0.4, 0.5) is 0 Å². The van der Waals surface area contributed by atoms with Gasteiger partial charge in [0.1, 0.15) is 0 Å². The minimum Gasteiger partial charge on any atom is -0.316 e. The molecule has 1 atom stereocenters. The molecule has 1 aliphatic heterocycles. The summed E-state index contributed by atoms with van der Waals surface area (Å²) in [5.41, 5.74) is 1.53. The monoisotopic (exact) mass is 261 g/mol. The van der Waals surface area contributed by atoms with Gasteiger partial charge in [-0.05, 0) is 62.5 Å². The van der Waals surface area contributed by atoms with Gasteiger partial charge in [0.05, 0.1) is 0 Å². The van der Waals surface area contributed by atoms with E-state index in [2.05, 4.69) is 41.6 Å². The zero-order chi connectivity index (χ0) is 13.6. The Morgan fingerprint density at radius 1 is 1.37 bits per heavy atom. The van der Waals surface area contributed by atoms with Crippen molar-refractivity contribution in [2.45, 2.75) is 38.5 Å². The molecule has 106 valence electrons. The molecule has 1 saturated heterocycles. The number of hydrogen-bond donors (Lipinski definition) is 2. The van der Waals surface area contributed by atoms with Crippen molar-refractivity contribution < 1.29 is 0 Å². The summed E-state index contributed by atoms with van der Waals surface area (Å²) in [5, 5.41) is 7.11. The number of hydrogen-bond acceptors (Lipinski definition) is 3. The van der Waals surface area contributed by atoms with Crippen molar-refractivity contribution in [3.8, 4) is 0 Å². The molecule has 1 aromatic rings. The lowest BCUT2D eigenvalue weighted by molar-refractivity contribution is 0.345. The Morgan fingerprint density at radius 3 is 2.84 bits per heavy atom. The van der Waals surface area contributed by atoms with Crippen LogP contribution in [0.3, 0.4) is 0 Å². The minimum atomic E-state index is 0.174. The van der Waals surface area contributed by atoms with E-state index in [4.69, 9.17) is 0 Å². The Balaban J connectivity index is 1.69. The first kappa shape index (κ1) is 14.5. The number of rotatable bonds is 6. The maximum absolute atomic E-state index is 4.09. The summed E-state index contributed by atoms with van der Waals surface area (Å²) < 4.78 is 0. The fraction of sp³-hybridized carbons (Fsp3) is 0.688. The number of pyridine rings is 1. The molecule has 0 aliphatic carbocycles. The molecule has 1 unspecified atom stereocenters. The maximum Gasteiger partial charge on any atom is 0.0270 e. The standard InChI is InChI=1S/C16H27N3/c1-16(2,15-6-10-17-11-7-15)13-19-9-5-14-4-3-8-18-12-14/h6-7,10-11,14,18-19H,3-5,8-9,12-13H2,1-2H3. The van der Waals surface area contributed by atoms with Gasteiger partial charge in [0.25, 0.3) is 0 Å². The normalized spacial score (nSPS) is 20.4. The predicted molar refractivity (Wildman–Crippen MR) is 80.3 cm³/mol. The molecule has 19 heavy (non-hydrogen) atoms. The Labute approximate surface area is 117 Å². The van der Waals surface area contributed by atoms with Gasteiger partial charge in [0, 0.05) is 24.4 Å². The van der Waals surface area contributed by atoms with E-state index in [1.807, 2.05) is 12.4 Å². The molecule has 1 fully saturated rings. The summed E-state index contributed by atoms with van der Waals surface area (Å²) >= 11 is 0. The highest BCUT2D eigenvalue weighted by atomic mass is 14.9. The molecular formula is C16H27N3. The zero-order valence-corrected chi connectivity index (χ0v) is 12.3. The summed E-state index contributed by atoms with van der Waals surface area (Å²) in [4.78, 5) is 4.09. The Bertz CT molecular complexity index is 356. The highest BCUT2D eigenvalue weighted by molar-refractivity contribution is 5.20. The van der Waals surface area contributed by atoms with Crippen molar-refractivity contribution in [2.75, 3.05) is 26.2 Å². The quantitative estimate of drug-likeness (QED) is 0.772. The second-order valence-corrected chi connectivity index (χ2v) is 6.30. The van der Waals surface area contributed by atoms with E-state index < -0.39 is 0 Å². The van der Waals surface area contributed by atoms with E-state index in [1.54, 1.807) is 0 Å². The molecule has 0 amide bonds. The number of nitrogens with one attached hydrogen (secondary N) is 2. The van der Waals surface area contributed by atoms with Crippen molar-refractivity contribution >= 4 is 0 Å². The summed E-state index contributed by atoms with van der Waals surface area (Å²) in [6.45, 7) is 9.14. The lowest BCUT2D eigenvalue weighted by Crippen LogP contribution is -2.36. The highest BCUT2D eigenvalue weighted by Gasteiger charge is 2.20. The SMILES string of the molecule is CC(C)(CNCCC1CCCNC1)c1ccncc1. The van der Waals surface area contributed by atoms with Crippen LogP contribution >= 0.6 is 0 Å². The van der Waals surface area contributed by atoms with E-state index >= 15 is 0 Å². The van der Waals surface area contributed by atoms with Crippen molar-refractivity contribution in [2.24, 2.45) is 5.92 Å². The smallest absolute Gasteiger partial charge is 0.0270 e. The van der Waals surface area contributed by atoms with Crippen LogP contribution in [0.1, 0.15) is 38.7 Å². The molecule has 0 radical (unpaired) electrons. The van der Waals surface area contributed by atoms with E-state index in [-0.39, 0.29) is 5.41 Å². The third-order valence-corrected chi connectivity index (χ3v) is 4.16. The van der Waals surface area contributed by atoms with Gasteiger partial charge in [0.2, 0.25) is 0 Å². The highest BCUT2D eigenvalue weighted by Crippen LogP contribution is 2.21. The Hall–Kier alpha value is -0.930. The fourth-order valence-electron chi connectivity index (χ4n) is 2.78. The van der Waals surface area contributed by atoms with Crippen LogP contribution in [0.25, 0.3) is 0 Å². The topological polar surface area (TPSA) is 37.0 Å². The molecule has 0 bridgehead atoms. The predicted octanol–water partition coefficient (Wildman–Crippen LogP) is 2.34. The van der Waals surface area contributed by atoms with Gasteiger partial charge >= 0.3 is 0 Å². The first-order valence-corrected chi connectivity index (χ1v) is 7.50. The van der Waals surface area contributed by atoms with Crippen molar-refractivity contribution in [3.05, 3.63) is 30.1 Å². The average Bonchev–Trinajstić information content (AvgIpc) is 2.46. The summed E-state index contributed by atoms with van der Waals surface area (Å²) in [6.07, 6.45) is 7.78. The van der Waals surface area contributed by atoms with Crippen LogP contribution in [-0.4, -0.2) is 31.2 Å². The Morgan fingerprint density at radius 2 is 2.16 bits per heavy atom. The summed E-state index contributed by atoms with van der Waals surface area (Å²) in [6, 6.07) is 4.24. The average molecular weight is 261 g/mol. The maximum atomic E-state index is 4.09. The summed E-state index contributed by atoms with van der Waals surface area (Å²) in [7, 11) is 0. The van der Waals surface area contributed by atoms with Gasteiger partial charge in [-0.3, -0.25) is 4.98 Å². The van der Waals surface area contributed by atoms with Crippen LogP contribution in [0.5, 0.6) is 0 Å². The van der Waals surface area contributed by atoms with E-state index in [1.165, 1.54) is 37.9 Å². The minimum absolute atomic E-state index is 0.174. The molecule has 3 heteroatoms.